The molecule has 0 bridgehead atoms. The quantitative estimate of drug-likeness (QED) is 0.228. The number of halogens is 2. The number of nitrogens with two attached hydrogens (primary N) is 1. The Hall–Kier alpha value is -5.05. The summed E-state index contributed by atoms with van der Waals surface area (Å²) in [7, 11) is 0. The van der Waals surface area contributed by atoms with E-state index in [1.165, 1.54) is 12.1 Å². The Labute approximate surface area is 222 Å². The van der Waals surface area contributed by atoms with E-state index in [-0.39, 0.29) is 24.5 Å². The van der Waals surface area contributed by atoms with Crippen molar-refractivity contribution in [2.24, 2.45) is 5.73 Å². The van der Waals surface area contributed by atoms with Gasteiger partial charge in [0.1, 0.15) is 17.4 Å². The van der Waals surface area contributed by atoms with Crippen molar-refractivity contribution in [2.75, 3.05) is 0 Å². The Bertz CT molecular complexity index is 1680. The SMILES string of the molecule is NC(=O)c1cccc(-c2cccnc2C(Cc2cc(F)cc(F)c2)NC(=O)Cc2c[nH]c3ccc(O)cc23)c1. The van der Waals surface area contributed by atoms with Crippen LogP contribution in [0, 0.1) is 11.6 Å². The van der Waals surface area contributed by atoms with Gasteiger partial charge in [0.15, 0.2) is 0 Å². The molecule has 0 radical (unpaired) electrons. The highest BCUT2D eigenvalue weighted by atomic mass is 19.1. The van der Waals surface area contributed by atoms with Crippen LogP contribution in [0.4, 0.5) is 8.78 Å². The highest BCUT2D eigenvalue weighted by Gasteiger charge is 2.22. The molecule has 9 heteroatoms. The number of nitrogens with one attached hydrogen (secondary N) is 2. The van der Waals surface area contributed by atoms with Crippen molar-refractivity contribution >= 4 is 22.7 Å². The molecular formula is C30H24F2N4O3. The fourth-order valence-corrected chi connectivity index (χ4v) is 4.69. The second-order valence-electron chi connectivity index (χ2n) is 9.20. The number of benzene rings is 3. The number of pyridine rings is 1. The number of carbonyl (C=O) groups excluding carboxylic acids is 2. The summed E-state index contributed by atoms with van der Waals surface area (Å²) in [6.07, 6.45) is 3.29. The van der Waals surface area contributed by atoms with E-state index in [1.807, 2.05) is 0 Å². The van der Waals surface area contributed by atoms with Crippen LogP contribution in [0.3, 0.4) is 0 Å². The number of hydrogen-bond acceptors (Lipinski definition) is 4. The smallest absolute Gasteiger partial charge is 0.248 e. The standard InChI is InChI=1S/C30H24F2N4O3/c31-21-9-17(10-22(32)14-21)11-27(36-28(38)13-20-16-35-26-7-6-23(37)15-25(20)26)29-24(5-2-8-34-29)18-3-1-4-19(12-18)30(33)39/h1-10,12,14-16,27,35,37H,11,13H2,(H2,33,39)(H,36,38). The number of primary amides is 1. The maximum absolute atomic E-state index is 14.0. The minimum atomic E-state index is -0.772. The van der Waals surface area contributed by atoms with E-state index in [2.05, 4.69) is 15.3 Å². The first-order valence-electron chi connectivity index (χ1n) is 12.2. The lowest BCUT2D eigenvalue weighted by Crippen LogP contribution is -2.32. The van der Waals surface area contributed by atoms with Gasteiger partial charge in [0, 0.05) is 40.5 Å². The summed E-state index contributed by atoms with van der Waals surface area (Å²) in [6, 6.07) is 17.5. The van der Waals surface area contributed by atoms with Crippen molar-refractivity contribution in [3.05, 3.63) is 119 Å². The third-order valence-electron chi connectivity index (χ3n) is 6.43. The number of carbonyl (C=O) groups is 2. The third-order valence-corrected chi connectivity index (χ3v) is 6.43. The molecule has 3 aromatic carbocycles. The Kier molecular flexibility index (Phi) is 7.05. The molecule has 1 unspecified atom stereocenters. The number of hydrogen-bond donors (Lipinski definition) is 4. The van der Waals surface area contributed by atoms with E-state index in [1.54, 1.807) is 67.0 Å². The first-order chi connectivity index (χ1) is 18.8. The number of aromatic nitrogens is 2. The van der Waals surface area contributed by atoms with E-state index in [0.29, 0.717) is 38.9 Å². The van der Waals surface area contributed by atoms with Crippen LogP contribution < -0.4 is 11.1 Å². The molecular weight excluding hydrogens is 502 g/mol. The zero-order valence-electron chi connectivity index (χ0n) is 20.6. The number of phenolic OH excluding ortho intramolecular Hbond substituents is 1. The second kappa shape index (κ2) is 10.7. The second-order valence-corrected chi connectivity index (χ2v) is 9.20. The van der Waals surface area contributed by atoms with Crippen molar-refractivity contribution in [2.45, 2.75) is 18.9 Å². The molecule has 7 nitrogen and oxygen atoms in total. The minimum Gasteiger partial charge on any atom is -0.508 e. The predicted molar refractivity (Wildman–Crippen MR) is 143 cm³/mol. The van der Waals surface area contributed by atoms with E-state index in [9.17, 15) is 23.5 Å². The van der Waals surface area contributed by atoms with Gasteiger partial charge < -0.3 is 21.1 Å². The van der Waals surface area contributed by atoms with E-state index >= 15 is 0 Å². The zero-order valence-corrected chi connectivity index (χ0v) is 20.6. The first kappa shape index (κ1) is 25.6. The van der Waals surface area contributed by atoms with Crippen molar-refractivity contribution in [3.8, 4) is 16.9 Å². The summed E-state index contributed by atoms with van der Waals surface area (Å²) in [5.41, 5.74) is 9.26. The maximum atomic E-state index is 14.0. The van der Waals surface area contributed by atoms with Gasteiger partial charge in [-0.2, -0.15) is 0 Å². The Balaban J connectivity index is 1.52. The van der Waals surface area contributed by atoms with Crippen LogP contribution in [0.2, 0.25) is 0 Å². The number of aromatic amines is 1. The largest absolute Gasteiger partial charge is 0.508 e. The Morgan fingerprint density at radius 2 is 1.79 bits per heavy atom. The van der Waals surface area contributed by atoms with Crippen molar-refractivity contribution < 1.29 is 23.5 Å². The molecule has 0 saturated heterocycles. The predicted octanol–water partition coefficient (Wildman–Crippen LogP) is 4.96. The molecule has 1 atom stereocenters. The maximum Gasteiger partial charge on any atom is 0.248 e. The molecule has 5 aromatic rings. The summed E-state index contributed by atoms with van der Waals surface area (Å²) in [5, 5.41) is 13.6. The van der Waals surface area contributed by atoms with Gasteiger partial charge in [0.25, 0.3) is 0 Å². The zero-order chi connectivity index (χ0) is 27.5. The summed E-state index contributed by atoms with van der Waals surface area (Å²) < 4.78 is 28.1. The molecule has 2 aromatic heterocycles. The van der Waals surface area contributed by atoms with E-state index < -0.39 is 23.6 Å². The van der Waals surface area contributed by atoms with Crippen LogP contribution in [0.25, 0.3) is 22.0 Å². The van der Waals surface area contributed by atoms with Crippen molar-refractivity contribution in [1.29, 1.82) is 0 Å². The van der Waals surface area contributed by atoms with Crippen LogP contribution in [-0.4, -0.2) is 26.9 Å². The lowest BCUT2D eigenvalue weighted by atomic mass is 9.94. The fourth-order valence-electron chi connectivity index (χ4n) is 4.69. The number of H-pyrrole nitrogens is 1. The molecule has 2 heterocycles. The summed E-state index contributed by atoms with van der Waals surface area (Å²) in [4.78, 5) is 32.7. The van der Waals surface area contributed by atoms with Crippen molar-refractivity contribution in [3.63, 3.8) is 0 Å². The highest BCUT2D eigenvalue weighted by molar-refractivity contribution is 5.94. The highest BCUT2D eigenvalue weighted by Crippen LogP contribution is 2.30. The van der Waals surface area contributed by atoms with Crippen LogP contribution in [0.1, 0.15) is 33.2 Å². The molecule has 5 rings (SSSR count). The summed E-state index contributed by atoms with van der Waals surface area (Å²) >= 11 is 0. The number of nitrogens with zero attached hydrogens (tertiary/aromatic N) is 1. The fraction of sp³-hybridized carbons (Fsp3) is 0.100. The van der Waals surface area contributed by atoms with Crippen LogP contribution in [0.5, 0.6) is 5.75 Å². The number of aromatic hydroxyl groups is 1. The molecule has 0 aliphatic carbocycles. The van der Waals surface area contributed by atoms with Crippen molar-refractivity contribution in [1.82, 2.24) is 15.3 Å². The van der Waals surface area contributed by atoms with Gasteiger partial charge in [-0.1, -0.05) is 18.2 Å². The lowest BCUT2D eigenvalue weighted by molar-refractivity contribution is -0.121. The van der Waals surface area contributed by atoms with Gasteiger partial charge in [0.05, 0.1) is 18.2 Å². The van der Waals surface area contributed by atoms with Gasteiger partial charge >= 0.3 is 0 Å². The van der Waals surface area contributed by atoms with Crippen LogP contribution in [-0.2, 0) is 17.6 Å². The van der Waals surface area contributed by atoms with Gasteiger partial charge in [-0.15, -0.1) is 0 Å². The average Bonchev–Trinajstić information content (AvgIpc) is 3.29. The van der Waals surface area contributed by atoms with Crippen LogP contribution in [0.15, 0.2) is 85.2 Å². The van der Waals surface area contributed by atoms with E-state index in [0.717, 1.165) is 11.6 Å². The van der Waals surface area contributed by atoms with Gasteiger partial charge in [-0.05, 0) is 71.6 Å². The van der Waals surface area contributed by atoms with Gasteiger partial charge in [0.2, 0.25) is 11.8 Å². The molecule has 0 saturated carbocycles. The summed E-state index contributed by atoms with van der Waals surface area (Å²) in [6.45, 7) is 0. The summed E-state index contributed by atoms with van der Waals surface area (Å²) in [5.74, 6) is -2.34. The topological polar surface area (TPSA) is 121 Å². The Morgan fingerprint density at radius 3 is 2.56 bits per heavy atom. The molecule has 39 heavy (non-hydrogen) atoms. The molecule has 2 amide bonds. The monoisotopic (exact) mass is 526 g/mol. The number of amides is 2. The molecule has 0 aliphatic heterocycles. The normalized spacial score (nSPS) is 11.8. The number of phenols is 1. The number of rotatable bonds is 8. The lowest BCUT2D eigenvalue weighted by Gasteiger charge is -2.22. The first-order valence-corrected chi connectivity index (χ1v) is 12.2. The van der Waals surface area contributed by atoms with Crippen LogP contribution >= 0.6 is 0 Å². The van der Waals surface area contributed by atoms with E-state index in [4.69, 9.17) is 5.73 Å². The molecule has 0 fully saturated rings. The average molecular weight is 527 g/mol. The van der Waals surface area contributed by atoms with Gasteiger partial charge in [-0.3, -0.25) is 14.6 Å². The van der Waals surface area contributed by atoms with Gasteiger partial charge in [-0.25, -0.2) is 8.78 Å². The minimum absolute atomic E-state index is 0.0171. The molecule has 196 valence electrons. The third kappa shape index (κ3) is 5.77. The Morgan fingerprint density at radius 1 is 1.00 bits per heavy atom. The number of fused-ring (bicyclic) bond motifs is 1. The molecule has 0 spiro atoms. The molecule has 0 aliphatic rings. The molecule has 5 N–H and O–H groups in total.